The molecule has 2 aliphatic carbocycles. The monoisotopic (exact) mass is 446 g/mol. The Morgan fingerprint density at radius 3 is 2.83 bits per heavy atom. The molecule has 0 aromatic carbocycles. The molecule has 2 N–H and O–H groups in total. The van der Waals surface area contributed by atoms with Crippen LogP contribution in [0, 0.1) is 0 Å². The highest BCUT2D eigenvalue weighted by Gasteiger charge is 2.21. The maximum Gasteiger partial charge on any atom is 0.259 e. The van der Waals surface area contributed by atoms with Crippen molar-refractivity contribution >= 4 is 55.7 Å². The number of fused-ring (bicyclic) bond motifs is 4. The lowest BCUT2D eigenvalue weighted by atomic mass is 10.2. The first-order valence-electron chi connectivity index (χ1n) is 10.1. The highest BCUT2D eigenvalue weighted by molar-refractivity contribution is 7.99. The lowest BCUT2D eigenvalue weighted by Gasteiger charge is -2.03. The minimum Gasteiger partial charge on any atom is -0.309 e. The van der Waals surface area contributed by atoms with Gasteiger partial charge in [0, 0.05) is 9.75 Å². The smallest absolute Gasteiger partial charge is 0.259 e. The van der Waals surface area contributed by atoms with Gasteiger partial charge in [-0.1, -0.05) is 6.42 Å². The van der Waals surface area contributed by atoms with E-state index < -0.39 is 0 Å². The third-order valence-electron chi connectivity index (χ3n) is 5.44. The first-order valence-corrected chi connectivity index (χ1v) is 12.9. The molecule has 0 atom stereocenters. The van der Waals surface area contributed by atoms with Gasteiger partial charge < -0.3 is 10.3 Å². The van der Waals surface area contributed by atoms with Crippen LogP contribution in [0.3, 0.4) is 0 Å². The third-order valence-corrected chi connectivity index (χ3v) is 8.64. The van der Waals surface area contributed by atoms with Gasteiger partial charge in [0.05, 0.1) is 22.6 Å². The lowest BCUT2D eigenvalue weighted by Crippen LogP contribution is -2.15. The van der Waals surface area contributed by atoms with Crippen molar-refractivity contribution in [1.82, 2.24) is 15.0 Å². The fourth-order valence-electron chi connectivity index (χ4n) is 4.09. The van der Waals surface area contributed by atoms with Crippen LogP contribution in [0.1, 0.15) is 52.5 Å². The molecule has 0 radical (unpaired) electrons. The molecule has 0 saturated carbocycles. The fraction of sp³-hybridized carbons (Fsp3) is 0.500. The largest absolute Gasteiger partial charge is 0.309 e. The molecule has 6 nitrogen and oxygen atoms in total. The highest BCUT2D eigenvalue weighted by Crippen LogP contribution is 2.34. The molecule has 152 valence electrons. The maximum atomic E-state index is 12.5. The molecular weight excluding hydrogens is 424 g/mol. The summed E-state index contributed by atoms with van der Waals surface area (Å²) >= 11 is 4.71. The molecule has 29 heavy (non-hydrogen) atoms. The van der Waals surface area contributed by atoms with E-state index in [0.29, 0.717) is 22.5 Å². The lowest BCUT2D eigenvalue weighted by molar-refractivity contribution is -0.113. The van der Waals surface area contributed by atoms with Crippen molar-refractivity contribution in [3.63, 3.8) is 0 Å². The van der Waals surface area contributed by atoms with E-state index in [0.717, 1.165) is 48.0 Å². The summed E-state index contributed by atoms with van der Waals surface area (Å²) in [6.07, 6.45) is 8.91. The number of rotatable bonds is 5. The summed E-state index contributed by atoms with van der Waals surface area (Å²) in [5.41, 5.74) is 2.31. The van der Waals surface area contributed by atoms with Crippen molar-refractivity contribution in [3.8, 4) is 0 Å². The minimum absolute atomic E-state index is 0.0428. The molecule has 3 aromatic rings. The second-order valence-electron chi connectivity index (χ2n) is 7.54. The van der Waals surface area contributed by atoms with Crippen molar-refractivity contribution in [2.75, 3.05) is 11.1 Å². The van der Waals surface area contributed by atoms with Crippen molar-refractivity contribution in [2.45, 2.75) is 57.1 Å². The van der Waals surface area contributed by atoms with Crippen LogP contribution in [0.15, 0.2) is 4.79 Å². The van der Waals surface area contributed by atoms with Gasteiger partial charge in [0.15, 0.2) is 5.13 Å². The maximum absolute atomic E-state index is 12.5. The Morgan fingerprint density at radius 2 is 1.90 bits per heavy atom. The van der Waals surface area contributed by atoms with Gasteiger partial charge in [0.1, 0.15) is 10.7 Å². The van der Waals surface area contributed by atoms with Gasteiger partial charge >= 0.3 is 0 Å². The van der Waals surface area contributed by atoms with Crippen LogP contribution in [0.4, 0.5) is 5.13 Å². The summed E-state index contributed by atoms with van der Waals surface area (Å²) in [5, 5.41) is 4.42. The summed E-state index contributed by atoms with van der Waals surface area (Å²) in [6, 6.07) is 0. The first kappa shape index (κ1) is 19.3. The van der Waals surface area contributed by atoms with Crippen LogP contribution >= 0.6 is 34.4 Å². The molecular formula is C20H22N4O2S3. The van der Waals surface area contributed by atoms with E-state index in [4.69, 9.17) is 0 Å². The van der Waals surface area contributed by atoms with Gasteiger partial charge in [-0.2, -0.15) is 0 Å². The number of H-pyrrole nitrogens is 1. The van der Waals surface area contributed by atoms with Gasteiger partial charge in [0.25, 0.3) is 5.56 Å². The second-order valence-corrected chi connectivity index (χ2v) is 10.7. The number of nitrogens with zero attached hydrogens (tertiary/aromatic N) is 2. The van der Waals surface area contributed by atoms with Gasteiger partial charge in [-0.25, -0.2) is 9.97 Å². The zero-order chi connectivity index (χ0) is 19.8. The Bertz CT molecular complexity index is 1110. The molecule has 3 heterocycles. The highest BCUT2D eigenvalue weighted by atomic mass is 32.2. The molecule has 0 spiro atoms. The Labute approximate surface area is 180 Å². The Kier molecular flexibility index (Phi) is 5.45. The molecule has 5 rings (SSSR count). The molecule has 0 bridgehead atoms. The molecule has 3 aromatic heterocycles. The topological polar surface area (TPSA) is 87.7 Å². The Balaban J connectivity index is 1.19. The molecule has 0 saturated heterocycles. The van der Waals surface area contributed by atoms with Crippen molar-refractivity contribution in [1.29, 1.82) is 0 Å². The summed E-state index contributed by atoms with van der Waals surface area (Å²) in [7, 11) is 0. The summed E-state index contributed by atoms with van der Waals surface area (Å²) < 4.78 is 0. The van der Waals surface area contributed by atoms with E-state index >= 15 is 0 Å². The molecule has 0 aliphatic heterocycles. The van der Waals surface area contributed by atoms with Crippen molar-refractivity contribution in [2.24, 2.45) is 0 Å². The predicted molar refractivity (Wildman–Crippen MR) is 120 cm³/mol. The standard InChI is InChI=1S/C20H22N4O2S3/c25-16(24-20-21-12-6-2-1-3-7-14(12)29-20)10-27-9-15-22-18(26)17-11-5-4-8-13(11)28-19(17)23-15/h1-10H2,(H,21,24,25)(H,22,23,26). The van der Waals surface area contributed by atoms with Crippen LogP contribution in [0.2, 0.25) is 0 Å². The normalized spacial score (nSPS) is 15.9. The number of amides is 1. The Hall–Kier alpha value is -1.71. The van der Waals surface area contributed by atoms with E-state index in [-0.39, 0.29) is 11.5 Å². The molecule has 1 amide bonds. The van der Waals surface area contributed by atoms with E-state index in [1.165, 1.54) is 46.3 Å². The quantitative estimate of drug-likeness (QED) is 0.577. The first-order chi connectivity index (χ1) is 14.2. The number of carbonyl (C=O) groups is 1. The molecule has 9 heteroatoms. The molecule has 2 aliphatic rings. The number of carbonyl (C=O) groups excluding carboxylic acids is 1. The van der Waals surface area contributed by atoms with Crippen LogP contribution in [-0.4, -0.2) is 26.6 Å². The number of aromatic nitrogens is 3. The number of nitrogens with one attached hydrogen (secondary N) is 2. The number of hydrogen-bond acceptors (Lipinski definition) is 7. The number of thioether (sulfide) groups is 1. The summed E-state index contributed by atoms with van der Waals surface area (Å²) in [4.78, 5) is 40.4. The molecule has 0 unspecified atom stereocenters. The van der Waals surface area contributed by atoms with E-state index in [2.05, 4.69) is 20.3 Å². The second kappa shape index (κ2) is 8.20. The molecule has 0 fully saturated rings. The number of anilines is 1. The number of aryl methyl sites for hydroxylation is 4. The number of thiophene rings is 1. The van der Waals surface area contributed by atoms with Gasteiger partial charge in [-0.3, -0.25) is 9.59 Å². The number of hydrogen-bond donors (Lipinski definition) is 2. The van der Waals surface area contributed by atoms with Gasteiger partial charge in [0.2, 0.25) is 5.91 Å². The van der Waals surface area contributed by atoms with Crippen LogP contribution in [-0.2, 0) is 36.2 Å². The zero-order valence-electron chi connectivity index (χ0n) is 16.0. The van der Waals surface area contributed by atoms with Crippen LogP contribution in [0.25, 0.3) is 10.2 Å². The van der Waals surface area contributed by atoms with E-state index in [1.807, 2.05) is 0 Å². The summed E-state index contributed by atoms with van der Waals surface area (Å²) in [5.74, 6) is 1.40. The van der Waals surface area contributed by atoms with Crippen molar-refractivity contribution < 1.29 is 4.79 Å². The van der Waals surface area contributed by atoms with E-state index in [9.17, 15) is 9.59 Å². The van der Waals surface area contributed by atoms with Gasteiger partial charge in [-0.05, 0) is 50.5 Å². The number of aromatic amines is 1. The average Bonchev–Trinajstić information content (AvgIpc) is 3.32. The average molecular weight is 447 g/mol. The van der Waals surface area contributed by atoms with E-state index in [1.54, 1.807) is 22.7 Å². The van der Waals surface area contributed by atoms with Crippen LogP contribution in [0.5, 0.6) is 0 Å². The van der Waals surface area contributed by atoms with Crippen LogP contribution < -0.4 is 10.9 Å². The van der Waals surface area contributed by atoms with Crippen molar-refractivity contribution in [3.05, 3.63) is 37.2 Å². The minimum atomic E-state index is -0.0579. The van der Waals surface area contributed by atoms with Gasteiger partial charge in [-0.15, -0.1) is 34.4 Å². The third kappa shape index (κ3) is 4.00. The fourth-order valence-corrected chi connectivity index (χ4v) is 7.13. The Morgan fingerprint density at radius 1 is 1.03 bits per heavy atom. The predicted octanol–water partition coefficient (Wildman–Crippen LogP) is 4.07. The SMILES string of the molecule is O=C(CSCc1nc2sc3c(c2c(=O)[nH]1)CCC3)Nc1nc2c(s1)CCCCC2. The zero-order valence-corrected chi connectivity index (χ0v) is 18.5. The summed E-state index contributed by atoms with van der Waals surface area (Å²) in [6.45, 7) is 0. The number of thiazole rings is 1.